The molecule has 2 amide bonds. The Kier molecular flexibility index (Phi) is 7.95. The van der Waals surface area contributed by atoms with Crippen molar-refractivity contribution in [3.8, 4) is 16.8 Å². The van der Waals surface area contributed by atoms with Crippen LogP contribution in [-0.4, -0.2) is 39.6 Å². The number of carbonyl (C=O) groups excluding carboxylic acids is 2. The van der Waals surface area contributed by atoms with Gasteiger partial charge < -0.3 is 10.2 Å². The van der Waals surface area contributed by atoms with Gasteiger partial charge in [0.25, 0.3) is 5.91 Å². The van der Waals surface area contributed by atoms with E-state index in [-0.39, 0.29) is 18.4 Å². The van der Waals surface area contributed by atoms with E-state index in [4.69, 9.17) is 5.10 Å². The van der Waals surface area contributed by atoms with Crippen LogP contribution in [0.5, 0.6) is 0 Å². The zero-order valence-corrected chi connectivity index (χ0v) is 21.1. The molecule has 0 bridgehead atoms. The maximum atomic E-state index is 13.4. The van der Waals surface area contributed by atoms with Gasteiger partial charge in [-0.05, 0) is 50.1 Å². The fourth-order valence-electron chi connectivity index (χ4n) is 4.18. The molecule has 0 aliphatic carbocycles. The normalized spacial score (nSPS) is 10.8. The summed E-state index contributed by atoms with van der Waals surface area (Å²) >= 11 is 0. The Morgan fingerprint density at radius 3 is 2.17 bits per heavy atom. The molecule has 0 aliphatic heterocycles. The van der Waals surface area contributed by atoms with E-state index in [1.54, 1.807) is 21.7 Å². The number of aromatic nitrogens is 2. The van der Waals surface area contributed by atoms with Gasteiger partial charge in [0.15, 0.2) is 0 Å². The summed E-state index contributed by atoms with van der Waals surface area (Å²) in [6.07, 6.45) is 1.75. The van der Waals surface area contributed by atoms with Gasteiger partial charge in [-0.3, -0.25) is 9.59 Å². The topological polar surface area (TPSA) is 67.2 Å². The van der Waals surface area contributed by atoms with Crippen LogP contribution in [0.3, 0.4) is 0 Å². The molecule has 0 saturated carbocycles. The number of carbonyl (C=O) groups is 2. The van der Waals surface area contributed by atoms with E-state index in [1.807, 2.05) is 86.6 Å². The minimum atomic E-state index is -0.263. The molecule has 0 radical (unpaired) electrons. The number of hydrogen-bond acceptors (Lipinski definition) is 3. The van der Waals surface area contributed by atoms with Crippen LogP contribution >= 0.6 is 0 Å². The lowest BCUT2D eigenvalue weighted by molar-refractivity contribution is -0.116. The summed E-state index contributed by atoms with van der Waals surface area (Å²) in [5, 5.41) is 7.87. The third kappa shape index (κ3) is 5.71. The van der Waals surface area contributed by atoms with Crippen molar-refractivity contribution in [1.82, 2.24) is 14.7 Å². The smallest absolute Gasteiger partial charge is 0.254 e. The maximum absolute atomic E-state index is 13.4. The van der Waals surface area contributed by atoms with Crippen LogP contribution in [0, 0.1) is 13.8 Å². The second-order valence-corrected chi connectivity index (χ2v) is 8.92. The number of hydrogen-bond donors (Lipinski definition) is 1. The lowest BCUT2D eigenvalue weighted by atomic mass is 10.1. The molecule has 1 N–H and O–H groups in total. The van der Waals surface area contributed by atoms with Crippen molar-refractivity contribution in [3.63, 3.8) is 0 Å². The van der Waals surface area contributed by atoms with Gasteiger partial charge in [-0.1, -0.05) is 79.6 Å². The van der Waals surface area contributed by atoms with Crippen molar-refractivity contribution < 1.29 is 9.59 Å². The van der Waals surface area contributed by atoms with Crippen LogP contribution in [-0.2, 0) is 4.79 Å². The highest BCUT2D eigenvalue weighted by molar-refractivity contribution is 6.01. The fourth-order valence-corrected chi connectivity index (χ4v) is 4.18. The third-order valence-electron chi connectivity index (χ3n) is 6.08. The first kappa shape index (κ1) is 24.9. The minimum Gasteiger partial charge on any atom is -0.329 e. The monoisotopic (exact) mass is 480 g/mol. The fraction of sp³-hybridized carbons (Fsp3) is 0.233. The van der Waals surface area contributed by atoms with Gasteiger partial charge in [0.05, 0.1) is 11.4 Å². The Bertz CT molecular complexity index is 1310. The highest BCUT2D eigenvalue weighted by atomic mass is 16.2. The predicted molar refractivity (Wildman–Crippen MR) is 144 cm³/mol. The second kappa shape index (κ2) is 11.5. The molecule has 4 aromatic rings. The molecular formula is C30H32N4O2. The van der Waals surface area contributed by atoms with Crippen molar-refractivity contribution in [2.75, 3.05) is 18.4 Å². The van der Waals surface area contributed by atoms with Crippen molar-refractivity contribution in [2.24, 2.45) is 0 Å². The van der Waals surface area contributed by atoms with E-state index >= 15 is 0 Å². The number of anilines is 1. The number of nitrogens with zero attached hydrogens (tertiary/aromatic N) is 3. The predicted octanol–water partition coefficient (Wildman–Crippen LogP) is 6.04. The number of rotatable bonds is 9. The first-order chi connectivity index (χ1) is 17.5. The van der Waals surface area contributed by atoms with Gasteiger partial charge in [0, 0.05) is 17.7 Å². The van der Waals surface area contributed by atoms with E-state index in [9.17, 15) is 9.59 Å². The Morgan fingerprint density at radius 2 is 1.53 bits per heavy atom. The second-order valence-electron chi connectivity index (χ2n) is 8.92. The molecule has 0 atom stereocenters. The summed E-state index contributed by atoms with van der Waals surface area (Å²) < 4.78 is 1.77. The molecular weight excluding hydrogens is 448 g/mol. The molecule has 1 heterocycles. The molecule has 184 valence electrons. The van der Waals surface area contributed by atoms with Crippen LogP contribution in [0.2, 0.25) is 0 Å². The number of unbranched alkanes of at least 4 members (excludes halogenated alkanes) is 1. The van der Waals surface area contributed by atoms with Gasteiger partial charge in [-0.15, -0.1) is 0 Å². The molecule has 6 nitrogen and oxygen atoms in total. The van der Waals surface area contributed by atoms with Gasteiger partial charge in [-0.2, -0.15) is 5.10 Å². The standard InChI is InChI=1S/C30H32N4O2/c1-4-5-20-33(30(36)25-14-10-7-11-15-25)21-27(35)31-29-28(24-12-8-6-9-13-24)23(3)32-34(29)26-18-16-22(2)17-19-26/h6-19H,4-5,20-21H2,1-3H3,(H,31,35). The summed E-state index contributed by atoms with van der Waals surface area (Å²) in [4.78, 5) is 28.2. The SMILES string of the molecule is CCCCN(CC(=O)Nc1c(-c2ccccc2)c(C)nn1-c1ccc(C)cc1)C(=O)c1ccccc1. The van der Waals surface area contributed by atoms with Gasteiger partial charge >= 0.3 is 0 Å². The first-order valence-electron chi connectivity index (χ1n) is 12.3. The van der Waals surface area contributed by atoms with E-state index in [0.29, 0.717) is 17.9 Å². The zero-order valence-electron chi connectivity index (χ0n) is 21.1. The molecule has 0 spiro atoms. The molecule has 0 unspecified atom stereocenters. The van der Waals surface area contributed by atoms with Gasteiger partial charge in [0.2, 0.25) is 5.91 Å². The van der Waals surface area contributed by atoms with Crippen molar-refractivity contribution in [2.45, 2.75) is 33.6 Å². The molecule has 0 aliphatic rings. The van der Waals surface area contributed by atoms with Crippen LogP contribution < -0.4 is 5.32 Å². The molecule has 36 heavy (non-hydrogen) atoms. The van der Waals surface area contributed by atoms with Crippen LogP contribution in [0.15, 0.2) is 84.9 Å². The Hall–Kier alpha value is -4.19. The van der Waals surface area contributed by atoms with E-state index in [0.717, 1.165) is 40.9 Å². The molecule has 4 rings (SSSR count). The van der Waals surface area contributed by atoms with Crippen molar-refractivity contribution in [3.05, 3.63) is 102 Å². The van der Waals surface area contributed by atoms with Crippen molar-refractivity contribution >= 4 is 17.6 Å². The summed E-state index contributed by atoms with van der Waals surface area (Å²) in [5.74, 6) is 0.182. The van der Waals surface area contributed by atoms with Gasteiger partial charge in [-0.25, -0.2) is 4.68 Å². The summed E-state index contributed by atoms with van der Waals surface area (Å²) in [6, 6.07) is 27.0. The molecule has 0 fully saturated rings. The summed E-state index contributed by atoms with van der Waals surface area (Å²) in [7, 11) is 0. The quantitative estimate of drug-likeness (QED) is 0.318. The average Bonchev–Trinajstić information content (AvgIpc) is 3.22. The van der Waals surface area contributed by atoms with Crippen LogP contribution in [0.1, 0.15) is 41.4 Å². The molecule has 0 saturated heterocycles. The zero-order chi connectivity index (χ0) is 25.5. The van der Waals surface area contributed by atoms with E-state index < -0.39 is 0 Å². The number of amides is 2. The lowest BCUT2D eigenvalue weighted by Gasteiger charge is -2.22. The average molecular weight is 481 g/mol. The van der Waals surface area contributed by atoms with E-state index in [2.05, 4.69) is 12.2 Å². The van der Waals surface area contributed by atoms with Crippen LogP contribution in [0.4, 0.5) is 5.82 Å². The molecule has 6 heteroatoms. The number of benzene rings is 3. The summed E-state index contributed by atoms with van der Waals surface area (Å²) in [6.45, 7) is 6.51. The number of nitrogens with one attached hydrogen (secondary N) is 1. The first-order valence-corrected chi connectivity index (χ1v) is 12.3. The number of aryl methyl sites for hydroxylation is 2. The minimum absolute atomic E-state index is 0.0416. The third-order valence-corrected chi connectivity index (χ3v) is 6.08. The van der Waals surface area contributed by atoms with Gasteiger partial charge in [0.1, 0.15) is 12.4 Å². The van der Waals surface area contributed by atoms with Crippen molar-refractivity contribution in [1.29, 1.82) is 0 Å². The van der Waals surface area contributed by atoms with E-state index in [1.165, 1.54) is 0 Å². The Labute approximate surface area is 212 Å². The molecule has 1 aromatic heterocycles. The lowest BCUT2D eigenvalue weighted by Crippen LogP contribution is -2.39. The highest BCUT2D eigenvalue weighted by Crippen LogP contribution is 2.33. The summed E-state index contributed by atoms with van der Waals surface area (Å²) in [5.41, 5.74) is 5.20. The molecule has 3 aromatic carbocycles. The Balaban J connectivity index is 1.67. The maximum Gasteiger partial charge on any atom is 0.254 e. The Morgan fingerprint density at radius 1 is 0.889 bits per heavy atom. The van der Waals surface area contributed by atoms with Crippen LogP contribution in [0.25, 0.3) is 16.8 Å². The highest BCUT2D eigenvalue weighted by Gasteiger charge is 2.23. The largest absolute Gasteiger partial charge is 0.329 e.